The Morgan fingerprint density at radius 3 is 1.37 bits per heavy atom. The Bertz CT molecular complexity index is 4620. The smallest absolute Gasteiger partial charge is 0.160 e. The molecule has 0 atom stereocenters. The van der Waals surface area contributed by atoms with Crippen LogP contribution >= 0.6 is 0 Å². The molecule has 0 saturated heterocycles. The molecular formula is C73H54F2N2O2. The van der Waals surface area contributed by atoms with E-state index in [2.05, 4.69) is 216 Å². The highest BCUT2D eigenvalue weighted by Gasteiger charge is 2.54. The topological polar surface area (TPSA) is 32.8 Å². The summed E-state index contributed by atoms with van der Waals surface area (Å²) in [5.74, 6) is -1.35. The van der Waals surface area contributed by atoms with Crippen LogP contribution in [0.5, 0.6) is 0 Å². The molecule has 0 bridgehead atoms. The standard InChI is InChI=1S/C73H54F2N2O2/c1-71(2,3)45-28-34-48(35-29-45)76(50-33-27-43-17-7-8-18-44(43)39-50)61-41-57-67(65-53-21-11-15-25-63(53)78-69(61)65)68-58(73(57)55-23-13-9-19-51(55)52-20-10-14-24-56(52)73)42-62(70-66(68)54-22-12-16-26-64(54)79-70)77(60-38-32-47(74)40-59(60)75)49-36-30-46(31-37-49)72(4,5)6/h7-42H,1-6H3. The Labute approximate surface area is 457 Å². The number of fused-ring (bicyclic) bond motifs is 19. The van der Waals surface area contributed by atoms with Crippen molar-refractivity contribution in [3.8, 4) is 22.3 Å². The molecule has 2 aliphatic rings. The molecule has 2 aliphatic carbocycles. The van der Waals surface area contributed by atoms with E-state index in [1.807, 2.05) is 35.2 Å². The van der Waals surface area contributed by atoms with Crippen LogP contribution in [0.1, 0.15) is 74.9 Å². The molecule has 2 aromatic heterocycles. The first-order valence-corrected chi connectivity index (χ1v) is 27.2. The molecule has 6 heteroatoms. The lowest BCUT2D eigenvalue weighted by Crippen LogP contribution is -2.26. The summed E-state index contributed by atoms with van der Waals surface area (Å²) in [6.45, 7) is 13.3. The number of anilines is 6. The van der Waals surface area contributed by atoms with Crippen molar-refractivity contribution in [2.75, 3.05) is 9.80 Å². The van der Waals surface area contributed by atoms with E-state index in [0.717, 1.165) is 117 Å². The third-order valence-electron chi connectivity index (χ3n) is 16.9. The Hall–Kier alpha value is -9.26. The zero-order valence-electron chi connectivity index (χ0n) is 44.8. The van der Waals surface area contributed by atoms with E-state index >= 15 is 8.78 Å². The van der Waals surface area contributed by atoms with Gasteiger partial charge in [0.15, 0.2) is 11.2 Å². The Balaban J connectivity index is 1.14. The van der Waals surface area contributed by atoms with Crippen molar-refractivity contribution in [2.24, 2.45) is 0 Å². The first-order valence-electron chi connectivity index (χ1n) is 27.2. The number of nitrogens with zero attached hydrogens (tertiary/aromatic N) is 2. The summed E-state index contributed by atoms with van der Waals surface area (Å²) in [5, 5.41) is 6.06. The molecule has 0 fully saturated rings. The van der Waals surface area contributed by atoms with Gasteiger partial charge in [0.1, 0.15) is 22.8 Å². The highest BCUT2D eigenvalue weighted by atomic mass is 19.1. The summed E-state index contributed by atoms with van der Waals surface area (Å²) < 4.78 is 46.8. The molecule has 0 amide bonds. The number of hydrogen-bond donors (Lipinski definition) is 0. The molecule has 4 nitrogen and oxygen atoms in total. The predicted octanol–water partition coefficient (Wildman–Crippen LogP) is 20.8. The molecule has 1 spiro atoms. The van der Waals surface area contributed by atoms with Gasteiger partial charge in [-0.05, 0) is 150 Å². The maximum atomic E-state index is 17.0. The molecule has 13 aromatic rings. The molecule has 15 rings (SSSR count). The van der Waals surface area contributed by atoms with Crippen LogP contribution in [0.15, 0.2) is 227 Å². The zero-order chi connectivity index (χ0) is 53.7. The van der Waals surface area contributed by atoms with Crippen LogP contribution in [0, 0.1) is 11.6 Å². The normalized spacial score (nSPS) is 13.4. The van der Waals surface area contributed by atoms with E-state index in [-0.39, 0.29) is 16.5 Å². The van der Waals surface area contributed by atoms with E-state index in [4.69, 9.17) is 8.83 Å². The molecule has 0 unspecified atom stereocenters. The molecule has 11 aromatic carbocycles. The maximum absolute atomic E-state index is 17.0. The monoisotopic (exact) mass is 1030 g/mol. The van der Waals surface area contributed by atoms with Gasteiger partial charge in [0.2, 0.25) is 0 Å². The summed E-state index contributed by atoms with van der Waals surface area (Å²) in [6.07, 6.45) is 0. The van der Waals surface area contributed by atoms with Crippen LogP contribution < -0.4 is 9.80 Å². The first-order chi connectivity index (χ1) is 38.3. The van der Waals surface area contributed by atoms with Crippen LogP contribution in [-0.2, 0) is 16.2 Å². The fourth-order valence-electron chi connectivity index (χ4n) is 13.2. The van der Waals surface area contributed by atoms with Gasteiger partial charge in [-0.2, -0.15) is 0 Å². The molecule has 0 saturated carbocycles. The van der Waals surface area contributed by atoms with Crippen LogP contribution in [-0.4, -0.2) is 0 Å². The third-order valence-corrected chi connectivity index (χ3v) is 16.9. The second-order valence-electron chi connectivity index (χ2n) is 23.5. The van der Waals surface area contributed by atoms with Gasteiger partial charge >= 0.3 is 0 Å². The van der Waals surface area contributed by atoms with Gasteiger partial charge in [0.05, 0.1) is 22.5 Å². The minimum Gasteiger partial charge on any atom is -0.454 e. The van der Waals surface area contributed by atoms with Crippen molar-refractivity contribution in [2.45, 2.75) is 57.8 Å². The fourth-order valence-corrected chi connectivity index (χ4v) is 13.2. The van der Waals surface area contributed by atoms with Crippen molar-refractivity contribution in [3.05, 3.63) is 263 Å². The first kappa shape index (κ1) is 47.0. The van der Waals surface area contributed by atoms with Crippen LogP contribution in [0.3, 0.4) is 0 Å². The van der Waals surface area contributed by atoms with Crippen LogP contribution in [0.2, 0.25) is 0 Å². The summed E-state index contributed by atoms with van der Waals surface area (Å²) >= 11 is 0. The summed E-state index contributed by atoms with van der Waals surface area (Å²) in [5.41, 5.74) is 17.1. The lowest BCUT2D eigenvalue weighted by atomic mass is 9.70. The number of rotatable bonds is 6. The SMILES string of the molecule is CC(C)(C)c1ccc(N(c2ccc3ccccc3c2)c2cc3c(c4c2oc2ccccc24)-c2c(cc(N(c4ccc(C(C)(C)C)cc4)c4ccc(F)cc4F)c4oc5ccccc5c24)C32c3ccccc3-c3ccccc32)cc1. The molecule has 79 heavy (non-hydrogen) atoms. The number of furan rings is 2. The zero-order valence-corrected chi connectivity index (χ0v) is 44.8. The lowest BCUT2D eigenvalue weighted by Gasteiger charge is -2.33. The lowest BCUT2D eigenvalue weighted by molar-refractivity contribution is 0.583. The number of halogens is 2. The van der Waals surface area contributed by atoms with Gasteiger partial charge in [0, 0.05) is 44.7 Å². The van der Waals surface area contributed by atoms with Crippen molar-refractivity contribution >= 4 is 88.8 Å². The van der Waals surface area contributed by atoms with Gasteiger partial charge in [-0.3, -0.25) is 0 Å². The predicted molar refractivity (Wildman–Crippen MR) is 321 cm³/mol. The van der Waals surface area contributed by atoms with Crippen molar-refractivity contribution in [1.82, 2.24) is 0 Å². The largest absolute Gasteiger partial charge is 0.454 e. The van der Waals surface area contributed by atoms with Crippen molar-refractivity contribution in [1.29, 1.82) is 0 Å². The molecular weight excluding hydrogens is 975 g/mol. The second kappa shape index (κ2) is 16.9. The number of hydrogen-bond acceptors (Lipinski definition) is 4. The molecule has 0 radical (unpaired) electrons. The average Bonchev–Trinajstić information content (AvgIpc) is 1.76. The fraction of sp³-hybridized carbons (Fsp3) is 0.123. The summed E-state index contributed by atoms with van der Waals surface area (Å²) in [6, 6.07) is 75.2. The quantitative estimate of drug-likeness (QED) is 0.166. The summed E-state index contributed by atoms with van der Waals surface area (Å²) in [4.78, 5) is 4.30. The summed E-state index contributed by atoms with van der Waals surface area (Å²) in [7, 11) is 0. The second-order valence-corrected chi connectivity index (χ2v) is 23.5. The van der Waals surface area contributed by atoms with E-state index in [1.165, 1.54) is 17.7 Å². The van der Waals surface area contributed by atoms with Gasteiger partial charge in [-0.15, -0.1) is 0 Å². The van der Waals surface area contributed by atoms with E-state index in [0.29, 0.717) is 22.5 Å². The molecule has 2 heterocycles. The average molecular weight is 1030 g/mol. The Morgan fingerprint density at radius 2 is 0.835 bits per heavy atom. The van der Waals surface area contributed by atoms with E-state index in [1.54, 1.807) is 0 Å². The Kier molecular flexibility index (Phi) is 10.0. The van der Waals surface area contributed by atoms with E-state index < -0.39 is 17.0 Å². The van der Waals surface area contributed by atoms with Gasteiger partial charge in [0.25, 0.3) is 0 Å². The van der Waals surface area contributed by atoms with Gasteiger partial charge < -0.3 is 18.6 Å². The highest BCUT2D eigenvalue weighted by Crippen LogP contribution is 2.68. The van der Waals surface area contributed by atoms with E-state index in [9.17, 15) is 0 Å². The van der Waals surface area contributed by atoms with Gasteiger partial charge in [-0.1, -0.05) is 181 Å². The Morgan fingerprint density at radius 1 is 0.380 bits per heavy atom. The molecule has 0 aliphatic heterocycles. The number of para-hydroxylation sites is 2. The minimum absolute atomic E-state index is 0.0668. The van der Waals surface area contributed by atoms with Crippen molar-refractivity contribution < 1.29 is 17.6 Å². The molecule has 382 valence electrons. The van der Waals surface area contributed by atoms with Crippen LogP contribution in [0.25, 0.3) is 76.9 Å². The number of benzene rings is 11. The molecule has 0 N–H and O–H groups in total. The maximum Gasteiger partial charge on any atom is 0.160 e. The van der Waals surface area contributed by atoms with Gasteiger partial charge in [-0.25, -0.2) is 8.78 Å². The minimum atomic E-state index is -0.950. The third kappa shape index (κ3) is 6.83. The van der Waals surface area contributed by atoms with Crippen molar-refractivity contribution in [3.63, 3.8) is 0 Å². The van der Waals surface area contributed by atoms with Crippen LogP contribution in [0.4, 0.5) is 42.9 Å². The highest BCUT2D eigenvalue weighted by molar-refractivity contribution is 6.27.